The number of amides is 1. The van der Waals surface area contributed by atoms with Crippen LogP contribution in [0.5, 0.6) is 5.88 Å². The number of carboxylic acids is 1. The number of methoxy groups -OCH3 is 1. The molecule has 2 rings (SSSR count). The number of aromatic nitrogens is 1. The second kappa shape index (κ2) is 11.1. The van der Waals surface area contributed by atoms with E-state index in [9.17, 15) is 14.7 Å². The smallest absolute Gasteiger partial charge is 0.336 e. The molecule has 1 unspecified atom stereocenters. The average Bonchev–Trinajstić information content (AvgIpc) is 2.73. The predicted molar refractivity (Wildman–Crippen MR) is 128 cm³/mol. The number of ether oxygens (including phenoxy) is 1. The maximum Gasteiger partial charge on any atom is 0.336 e. The van der Waals surface area contributed by atoms with Crippen LogP contribution in [0.25, 0.3) is 0 Å². The third kappa shape index (κ3) is 6.55. The molecule has 6 heteroatoms. The number of anilines is 1. The molecule has 2 N–H and O–H groups in total. The lowest BCUT2D eigenvalue weighted by atomic mass is 9.83. The lowest BCUT2D eigenvalue weighted by molar-refractivity contribution is -0.116. The Balaban J connectivity index is 2.34. The fourth-order valence-electron chi connectivity index (χ4n) is 3.98. The molecule has 0 aliphatic carbocycles. The number of benzene rings is 1. The molecule has 2 aromatic rings. The molecule has 0 bridgehead atoms. The van der Waals surface area contributed by atoms with Gasteiger partial charge in [0.1, 0.15) is 0 Å². The highest BCUT2D eigenvalue weighted by atomic mass is 16.5. The largest absolute Gasteiger partial charge is 0.481 e. The molecular formula is C26H36N2O4. The van der Waals surface area contributed by atoms with E-state index in [4.69, 9.17) is 4.74 Å². The quantitative estimate of drug-likeness (QED) is 0.437. The van der Waals surface area contributed by atoms with Gasteiger partial charge in [0, 0.05) is 23.9 Å². The van der Waals surface area contributed by atoms with E-state index in [1.165, 1.54) is 0 Å². The molecule has 0 saturated heterocycles. The Morgan fingerprint density at radius 2 is 1.94 bits per heavy atom. The molecule has 0 spiro atoms. The van der Waals surface area contributed by atoms with Gasteiger partial charge in [-0.3, -0.25) is 4.79 Å². The first-order chi connectivity index (χ1) is 15.1. The molecule has 0 aliphatic rings. The minimum atomic E-state index is -1.00. The summed E-state index contributed by atoms with van der Waals surface area (Å²) in [7, 11) is 1.59. The van der Waals surface area contributed by atoms with Crippen molar-refractivity contribution >= 4 is 17.6 Å². The van der Waals surface area contributed by atoms with E-state index < -0.39 is 5.97 Å². The lowest BCUT2D eigenvalue weighted by Crippen LogP contribution is -2.21. The summed E-state index contributed by atoms with van der Waals surface area (Å²) in [5.74, 6) is -0.646. The Kier molecular flexibility index (Phi) is 8.81. The maximum atomic E-state index is 13.2. The molecule has 1 aromatic heterocycles. The van der Waals surface area contributed by atoms with E-state index in [1.807, 2.05) is 39.0 Å². The number of hydrogen-bond acceptors (Lipinski definition) is 4. The number of carboxylic acid groups (broad SMARTS) is 1. The summed E-state index contributed by atoms with van der Waals surface area (Å²) < 4.78 is 5.44. The van der Waals surface area contributed by atoms with Crippen LogP contribution < -0.4 is 10.1 Å². The Labute approximate surface area is 191 Å². The molecule has 0 radical (unpaired) electrons. The Morgan fingerprint density at radius 3 is 2.53 bits per heavy atom. The summed E-state index contributed by atoms with van der Waals surface area (Å²) in [6, 6.07) is 7.26. The highest BCUT2D eigenvalue weighted by Crippen LogP contribution is 2.35. The summed E-state index contributed by atoms with van der Waals surface area (Å²) in [5.41, 5.74) is 3.01. The van der Waals surface area contributed by atoms with Crippen molar-refractivity contribution in [3.05, 3.63) is 52.7 Å². The SMILES string of the molecule is CCCCCC(CC(=O)Nc1cc(C(=O)O)c(C)cc1C(C)(C)C)c1cccnc1OC. The first-order valence-corrected chi connectivity index (χ1v) is 11.3. The first kappa shape index (κ1) is 25.4. The van der Waals surface area contributed by atoms with Crippen molar-refractivity contribution < 1.29 is 19.4 Å². The number of carbonyl (C=O) groups excluding carboxylic acids is 1. The molecule has 1 atom stereocenters. The van der Waals surface area contributed by atoms with Gasteiger partial charge in [0.05, 0.1) is 12.7 Å². The van der Waals surface area contributed by atoms with Gasteiger partial charge < -0.3 is 15.2 Å². The van der Waals surface area contributed by atoms with Crippen molar-refractivity contribution in [1.82, 2.24) is 4.98 Å². The number of pyridine rings is 1. The van der Waals surface area contributed by atoms with Gasteiger partial charge in [-0.15, -0.1) is 0 Å². The van der Waals surface area contributed by atoms with Crippen LogP contribution in [0.3, 0.4) is 0 Å². The Bertz CT molecular complexity index is 947. The van der Waals surface area contributed by atoms with E-state index in [0.717, 1.165) is 36.8 Å². The van der Waals surface area contributed by atoms with E-state index in [1.54, 1.807) is 26.3 Å². The van der Waals surface area contributed by atoms with Gasteiger partial charge >= 0.3 is 5.97 Å². The monoisotopic (exact) mass is 440 g/mol. The minimum absolute atomic E-state index is 0.0346. The molecule has 32 heavy (non-hydrogen) atoms. The molecule has 6 nitrogen and oxygen atoms in total. The second-order valence-electron chi connectivity index (χ2n) is 9.31. The number of nitrogens with one attached hydrogen (secondary N) is 1. The molecule has 1 aromatic carbocycles. The Morgan fingerprint density at radius 1 is 1.22 bits per heavy atom. The normalized spacial score (nSPS) is 12.3. The van der Waals surface area contributed by atoms with Crippen LogP contribution in [0, 0.1) is 6.92 Å². The van der Waals surface area contributed by atoms with Crippen LogP contribution in [0.2, 0.25) is 0 Å². The van der Waals surface area contributed by atoms with Crippen molar-refractivity contribution in [1.29, 1.82) is 0 Å². The Hall–Kier alpha value is -2.89. The van der Waals surface area contributed by atoms with Crippen LogP contribution in [0.4, 0.5) is 5.69 Å². The summed E-state index contributed by atoms with van der Waals surface area (Å²) >= 11 is 0. The second-order valence-corrected chi connectivity index (χ2v) is 9.31. The lowest BCUT2D eigenvalue weighted by Gasteiger charge is -2.25. The molecule has 0 fully saturated rings. The zero-order valence-corrected chi connectivity index (χ0v) is 20.1. The van der Waals surface area contributed by atoms with E-state index in [-0.39, 0.29) is 29.2 Å². The highest BCUT2D eigenvalue weighted by molar-refractivity contribution is 5.96. The first-order valence-electron chi connectivity index (χ1n) is 11.3. The molecule has 174 valence electrons. The number of carbonyl (C=O) groups is 2. The predicted octanol–water partition coefficient (Wildman–Crippen LogP) is 6.09. The number of rotatable bonds is 10. The van der Waals surface area contributed by atoms with Crippen molar-refractivity contribution in [3.63, 3.8) is 0 Å². The zero-order chi connectivity index (χ0) is 23.9. The van der Waals surface area contributed by atoms with E-state index in [2.05, 4.69) is 17.2 Å². The summed E-state index contributed by atoms with van der Waals surface area (Å²) in [6.45, 7) is 10.1. The van der Waals surface area contributed by atoms with Gasteiger partial charge in [-0.05, 0) is 47.9 Å². The molecule has 1 amide bonds. The number of aryl methyl sites for hydroxylation is 1. The summed E-state index contributed by atoms with van der Waals surface area (Å²) in [5, 5.41) is 12.6. The number of unbranched alkanes of at least 4 members (excludes halogenated alkanes) is 2. The van der Waals surface area contributed by atoms with Crippen LogP contribution >= 0.6 is 0 Å². The van der Waals surface area contributed by atoms with Crippen molar-refractivity contribution in [2.75, 3.05) is 12.4 Å². The third-order valence-corrected chi connectivity index (χ3v) is 5.70. The molecule has 1 heterocycles. The van der Waals surface area contributed by atoms with Gasteiger partial charge in [-0.2, -0.15) is 0 Å². The molecular weight excluding hydrogens is 404 g/mol. The zero-order valence-electron chi connectivity index (χ0n) is 20.1. The van der Waals surface area contributed by atoms with Gasteiger partial charge in [-0.25, -0.2) is 9.78 Å². The maximum absolute atomic E-state index is 13.2. The average molecular weight is 441 g/mol. The number of nitrogens with zero attached hydrogens (tertiary/aromatic N) is 1. The van der Waals surface area contributed by atoms with Crippen LogP contribution in [-0.2, 0) is 10.2 Å². The van der Waals surface area contributed by atoms with Gasteiger partial charge in [0.15, 0.2) is 0 Å². The van der Waals surface area contributed by atoms with Gasteiger partial charge in [0.25, 0.3) is 0 Å². The van der Waals surface area contributed by atoms with Crippen LogP contribution in [0.1, 0.15) is 92.8 Å². The topological polar surface area (TPSA) is 88.5 Å². The van der Waals surface area contributed by atoms with Crippen molar-refractivity contribution in [2.45, 2.75) is 78.1 Å². The third-order valence-electron chi connectivity index (χ3n) is 5.70. The highest BCUT2D eigenvalue weighted by Gasteiger charge is 2.25. The van der Waals surface area contributed by atoms with E-state index >= 15 is 0 Å². The van der Waals surface area contributed by atoms with Gasteiger partial charge in [-0.1, -0.05) is 59.1 Å². The molecule has 0 saturated carbocycles. The molecule has 0 aliphatic heterocycles. The van der Waals surface area contributed by atoms with Crippen molar-refractivity contribution in [2.24, 2.45) is 0 Å². The standard InChI is InChI=1S/C26H36N2O4/c1-7-8-9-11-18(19-12-10-13-27-24(19)32-6)15-23(29)28-22-16-20(25(30)31)17(2)14-21(22)26(3,4)5/h10,12-14,16,18H,7-9,11,15H2,1-6H3,(H,28,29)(H,30,31). The van der Waals surface area contributed by atoms with Gasteiger partial charge in [0.2, 0.25) is 11.8 Å². The number of hydrogen-bond donors (Lipinski definition) is 2. The fraction of sp³-hybridized carbons (Fsp3) is 0.500. The number of aromatic carboxylic acids is 1. The van der Waals surface area contributed by atoms with Crippen LogP contribution in [-0.4, -0.2) is 29.1 Å². The fourth-order valence-corrected chi connectivity index (χ4v) is 3.98. The summed E-state index contributed by atoms with van der Waals surface area (Å²) in [6.07, 6.45) is 6.00. The van der Waals surface area contributed by atoms with E-state index in [0.29, 0.717) is 17.1 Å². The minimum Gasteiger partial charge on any atom is -0.481 e. The van der Waals surface area contributed by atoms with Crippen molar-refractivity contribution in [3.8, 4) is 5.88 Å². The summed E-state index contributed by atoms with van der Waals surface area (Å²) in [4.78, 5) is 29.1. The van der Waals surface area contributed by atoms with Crippen LogP contribution in [0.15, 0.2) is 30.5 Å².